The Kier molecular flexibility index (Phi) is 5.25. The molecule has 5 heteroatoms. The van der Waals surface area contributed by atoms with Crippen LogP contribution in [0.3, 0.4) is 0 Å². The number of nitrogens with zero attached hydrogens (tertiary/aromatic N) is 2. The molecule has 21 heavy (non-hydrogen) atoms. The molecule has 0 atom stereocenters. The second kappa shape index (κ2) is 6.61. The molecule has 1 saturated carbocycles. The summed E-state index contributed by atoms with van der Waals surface area (Å²) in [6.45, 7) is 9.24. The Hall–Kier alpha value is -0.680. The lowest BCUT2D eigenvalue weighted by molar-refractivity contribution is -0.0837. The zero-order valence-electron chi connectivity index (χ0n) is 13.4. The van der Waals surface area contributed by atoms with E-state index in [0.29, 0.717) is 18.3 Å². The summed E-state index contributed by atoms with van der Waals surface area (Å²) in [6, 6.07) is 0. The molecule has 0 aromatic carbocycles. The standard InChI is InChI=1S/C16H26BrN3O/c1-5-21-16(8-6-11(4)7-9-16)15-19-13(10(2)3)12(17)14(18)20-15/h10-11H,5-9H2,1-4H3,(H2,18,19,20). The summed E-state index contributed by atoms with van der Waals surface area (Å²) < 4.78 is 6.96. The molecule has 2 rings (SSSR count). The number of halogens is 1. The van der Waals surface area contributed by atoms with Crippen LogP contribution in [0.1, 0.15) is 70.8 Å². The van der Waals surface area contributed by atoms with Crippen molar-refractivity contribution in [1.29, 1.82) is 0 Å². The third-order valence-electron chi connectivity index (χ3n) is 4.36. The molecule has 0 radical (unpaired) electrons. The van der Waals surface area contributed by atoms with Crippen LogP contribution in [-0.2, 0) is 10.3 Å². The summed E-state index contributed by atoms with van der Waals surface area (Å²) in [5.74, 6) is 2.32. The highest BCUT2D eigenvalue weighted by atomic mass is 79.9. The molecular weight excluding hydrogens is 330 g/mol. The normalized spacial score (nSPS) is 26.3. The minimum absolute atomic E-state index is 0.296. The van der Waals surface area contributed by atoms with Crippen molar-refractivity contribution in [1.82, 2.24) is 9.97 Å². The highest BCUT2D eigenvalue weighted by Gasteiger charge is 2.40. The average molecular weight is 356 g/mol. The van der Waals surface area contributed by atoms with Crippen molar-refractivity contribution in [3.63, 3.8) is 0 Å². The van der Waals surface area contributed by atoms with E-state index in [1.165, 1.54) is 0 Å². The lowest BCUT2D eigenvalue weighted by Gasteiger charge is -2.38. The average Bonchev–Trinajstić information content (AvgIpc) is 2.44. The maximum Gasteiger partial charge on any atom is 0.162 e. The Balaban J connectivity index is 2.46. The highest BCUT2D eigenvalue weighted by Crippen LogP contribution is 2.42. The first-order chi connectivity index (χ1) is 9.89. The van der Waals surface area contributed by atoms with Crippen LogP contribution in [0.5, 0.6) is 0 Å². The Bertz CT molecular complexity index is 497. The van der Waals surface area contributed by atoms with E-state index < -0.39 is 0 Å². The van der Waals surface area contributed by atoms with Crippen LogP contribution in [0.25, 0.3) is 0 Å². The van der Waals surface area contributed by atoms with Gasteiger partial charge >= 0.3 is 0 Å². The predicted octanol–water partition coefficient (Wildman–Crippen LogP) is 4.39. The summed E-state index contributed by atoms with van der Waals surface area (Å²) >= 11 is 3.51. The molecule has 1 aliphatic carbocycles. The lowest BCUT2D eigenvalue weighted by Crippen LogP contribution is -2.36. The number of anilines is 1. The van der Waals surface area contributed by atoms with Gasteiger partial charge in [0.25, 0.3) is 0 Å². The predicted molar refractivity (Wildman–Crippen MR) is 89.2 cm³/mol. The molecule has 1 aromatic heterocycles. The van der Waals surface area contributed by atoms with E-state index in [2.05, 4.69) is 41.7 Å². The van der Waals surface area contributed by atoms with E-state index >= 15 is 0 Å². The summed E-state index contributed by atoms with van der Waals surface area (Å²) in [5, 5.41) is 0. The fraction of sp³-hybridized carbons (Fsp3) is 0.750. The first-order valence-electron chi connectivity index (χ1n) is 7.87. The third-order valence-corrected chi connectivity index (χ3v) is 5.17. The molecule has 0 aliphatic heterocycles. The zero-order chi connectivity index (χ0) is 15.6. The topological polar surface area (TPSA) is 61.0 Å². The van der Waals surface area contributed by atoms with Gasteiger partial charge in [0.2, 0.25) is 0 Å². The van der Waals surface area contributed by atoms with E-state index in [0.717, 1.165) is 47.6 Å². The Labute approximate surface area is 136 Å². The maximum absolute atomic E-state index is 6.14. The minimum atomic E-state index is -0.361. The number of ether oxygens (including phenoxy) is 1. The van der Waals surface area contributed by atoms with Gasteiger partial charge in [-0.25, -0.2) is 9.97 Å². The van der Waals surface area contributed by atoms with E-state index in [-0.39, 0.29) is 5.60 Å². The molecule has 1 fully saturated rings. The fourth-order valence-electron chi connectivity index (χ4n) is 3.01. The molecule has 4 nitrogen and oxygen atoms in total. The largest absolute Gasteiger partial charge is 0.383 e. The van der Waals surface area contributed by atoms with Crippen LogP contribution < -0.4 is 5.73 Å². The van der Waals surface area contributed by atoms with E-state index in [9.17, 15) is 0 Å². The Morgan fingerprint density at radius 3 is 2.48 bits per heavy atom. The molecule has 118 valence electrons. The van der Waals surface area contributed by atoms with Crippen molar-refractivity contribution < 1.29 is 4.74 Å². The van der Waals surface area contributed by atoms with Crippen LogP contribution in [-0.4, -0.2) is 16.6 Å². The number of hydrogen-bond acceptors (Lipinski definition) is 4. The zero-order valence-corrected chi connectivity index (χ0v) is 15.0. The van der Waals surface area contributed by atoms with Crippen molar-refractivity contribution in [2.45, 2.75) is 64.9 Å². The van der Waals surface area contributed by atoms with Crippen LogP contribution in [0.15, 0.2) is 4.47 Å². The molecule has 1 aliphatic rings. The lowest BCUT2D eigenvalue weighted by atomic mass is 9.78. The number of nitrogens with two attached hydrogens (primary N) is 1. The van der Waals surface area contributed by atoms with Gasteiger partial charge < -0.3 is 10.5 Å². The molecule has 0 bridgehead atoms. The SMILES string of the molecule is CCOC1(c2nc(N)c(Br)c(C(C)C)n2)CCC(C)CC1. The van der Waals surface area contributed by atoms with E-state index in [4.69, 9.17) is 15.5 Å². The van der Waals surface area contributed by atoms with Crippen LogP contribution in [0, 0.1) is 5.92 Å². The van der Waals surface area contributed by atoms with E-state index in [1.54, 1.807) is 0 Å². The van der Waals surface area contributed by atoms with Gasteiger partial charge in [-0.2, -0.15) is 0 Å². The molecule has 0 amide bonds. The van der Waals surface area contributed by atoms with Gasteiger partial charge in [-0.1, -0.05) is 20.8 Å². The van der Waals surface area contributed by atoms with Gasteiger partial charge in [0, 0.05) is 6.61 Å². The molecular formula is C16H26BrN3O. The monoisotopic (exact) mass is 355 g/mol. The summed E-state index contributed by atoms with van der Waals surface area (Å²) in [4.78, 5) is 9.36. The number of rotatable bonds is 4. The molecule has 1 heterocycles. The molecule has 1 aromatic rings. The molecule has 0 spiro atoms. The Morgan fingerprint density at radius 2 is 1.95 bits per heavy atom. The smallest absolute Gasteiger partial charge is 0.162 e. The minimum Gasteiger partial charge on any atom is -0.383 e. The highest BCUT2D eigenvalue weighted by molar-refractivity contribution is 9.10. The van der Waals surface area contributed by atoms with Gasteiger partial charge in [0.15, 0.2) is 5.82 Å². The second-order valence-corrected chi connectivity index (χ2v) is 7.19. The Morgan fingerprint density at radius 1 is 1.33 bits per heavy atom. The number of nitrogen functional groups attached to an aromatic ring is 1. The van der Waals surface area contributed by atoms with Crippen LogP contribution >= 0.6 is 15.9 Å². The molecule has 0 unspecified atom stereocenters. The van der Waals surface area contributed by atoms with Crippen molar-refractivity contribution in [3.8, 4) is 0 Å². The first kappa shape index (κ1) is 16.7. The summed E-state index contributed by atoms with van der Waals surface area (Å²) in [7, 11) is 0. The fourth-order valence-corrected chi connectivity index (χ4v) is 3.64. The van der Waals surface area contributed by atoms with Crippen LogP contribution in [0.4, 0.5) is 5.82 Å². The van der Waals surface area contributed by atoms with Gasteiger partial charge in [0.05, 0.1) is 10.2 Å². The van der Waals surface area contributed by atoms with Crippen LogP contribution in [0.2, 0.25) is 0 Å². The molecule has 2 N–H and O–H groups in total. The third kappa shape index (κ3) is 3.39. The summed E-state index contributed by atoms with van der Waals surface area (Å²) in [6.07, 6.45) is 4.24. The van der Waals surface area contributed by atoms with Crippen molar-refractivity contribution in [2.75, 3.05) is 12.3 Å². The second-order valence-electron chi connectivity index (χ2n) is 6.40. The first-order valence-corrected chi connectivity index (χ1v) is 8.66. The molecule has 0 saturated heterocycles. The number of aromatic nitrogens is 2. The van der Waals surface area contributed by atoms with Gasteiger partial charge in [-0.05, 0) is 60.4 Å². The maximum atomic E-state index is 6.14. The number of hydrogen-bond donors (Lipinski definition) is 1. The van der Waals surface area contributed by atoms with Crippen molar-refractivity contribution >= 4 is 21.7 Å². The van der Waals surface area contributed by atoms with Crippen molar-refractivity contribution in [2.24, 2.45) is 5.92 Å². The summed E-state index contributed by atoms with van der Waals surface area (Å²) in [5.41, 5.74) is 6.70. The quantitative estimate of drug-likeness (QED) is 0.869. The van der Waals surface area contributed by atoms with Gasteiger partial charge in [-0.15, -0.1) is 0 Å². The van der Waals surface area contributed by atoms with Gasteiger partial charge in [-0.3, -0.25) is 0 Å². The van der Waals surface area contributed by atoms with E-state index in [1.807, 2.05) is 6.92 Å². The van der Waals surface area contributed by atoms with Gasteiger partial charge in [0.1, 0.15) is 11.4 Å². The van der Waals surface area contributed by atoms with Crippen molar-refractivity contribution in [3.05, 3.63) is 16.0 Å².